The first-order chi connectivity index (χ1) is 10.2. The molecule has 112 valence electrons. The molecule has 0 radical (unpaired) electrons. The second kappa shape index (κ2) is 8.38. The summed E-state index contributed by atoms with van der Waals surface area (Å²) in [6.07, 6.45) is 0. The van der Waals surface area contributed by atoms with E-state index in [-0.39, 0.29) is 12.5 Å². The summed E-state index contributed by atoms with van der Waals surface area (Å²) in [7, 11) is 0. The van der Waals surface area contributed by atoms with Crippen LogP contribution in [0.25, 0.3) is 0 Å². The van der Waals surface area contributed by atoms with E-state index in [0.29, 0.717) is 22.9 Å². The van der Waals surface area contributed by atoms with Gasteiger partial charge in [0.05, 0.1) is 5.56 Å². The lowest BCUT2D eigenvalue weighted by atomic mass is 10.0. The zero-order valence-electron chi connectivity index (χ0n) is 12.0. The quantitative estimate of drug-likeness (QED) is 0.835. The van der Waals surface area contributed by atoms with Gasteiger partial charge in [0.25, 0.3) is 5.91 Å². The van der Waals surface area contributed by atoms with Crippen LogP contribution in [0.1, 0.15) is 21.5 Å². The summed E-state index contributed by atoms with van der Waals surface area (Å²) in [6, 6.07) is 5.59. The number of aliphatic hydroxyl groups is 1. The van der Waals surface area contributed by atoms with Crippen LogP contribution in [0.2, 0.25) is 0 Å². The lowest BCUT2D eigenvalue weighted by molar-refractivity contribution is 0.0954. The summed E-state index contributed by atoms with van der Waals surface area (Å²) in [5.41, 5.74) is 2.30. The maximum absolute atomic E-state index is 12.3. The number of rotatable bonds is 3. The largest absolute Gasteiger partial charge is 0.384 e. The van der Waals surface area contributed by atoms with Gasteiger partial charge in [-0.15, -0.1) is 0 Å². The number of carbonyl (C=O) groups is 1. The summed E-state index contributed by atoms with van der Waals surface area (Å²) in [6.45, 7) is 2.45. The van der Waals surface area contributed by atoms with Crippen molar-refractivity contribution in [2.75, 3.05) is 30.4 Å². The molecule has 1 aromatic rings. The fourth-order valence-electron chi connectivity index (χ4n) is 2.05. The van der Waals surface area contributed by atoms with E-state index in [1.54, 1.807) is 6.07 Å². The van der Waals surface area contributed by atoms with E-state index >= 15 is 0 Å². The van der Waals surface area contributed by atoms with Gasteiger partial charge in [-0.1, -0.05) is 17.9 Å². The molecule has 1 aliphatic heterocycles. The van der Waals surface area contributed by atoms with Crippen LogP contribution in [0.3, 0.4) is 0 Å². The molecular weight excluding hydrogens is 302 g/mol. The van der Waals surface area contributed by atoms with Gasteiger partial charge >= 0.3 is 0 Å². The van der Waals surface area contributed by atoms with Gasteiger partial charge in [-0.25, -0.2) is 0 Å². The van der Waals surface area contributed by atoms with Crippen molar-refractivity contribution >= 4 is 29.4 Å². The Kier molecular flexibility index (Phi) is 6.50. The van der Waals surface area contributed by atoms with Gasteiger partial charge in [0.15, 0.2) is 0 Å². The monoisotopic (exact) mass is 321 g/mol. The number of aliphatic hydroxyl groups excluding tert-OH is 1. The standard InChI is InChI=1S/C16H19NO2S2/c1-12-4-5-15(13(9-12)3-2-6-18)16(19)17-10-14-11-20-7-8-21-14/h4-5,9,14,18H,6-8,10-11H2,1H3,(H,17,19). The second-order valence-electron chi connectivity index (χ2n) is 4.79. The normalized spacial score (nSPS) is 17.7. The van der Waals surface area contributed by atoms with E-state index < -0.39 is 0 Å². The number of hydrogen-bond donors (Lipinski definition) is 2. The average molecular weight is 321 g/mol. The fourth-order valence-corrected chi connectivity index (χ4v) is 4.66. The van der Waals surface area contributed by atoms with Crippen molar-refractivity contribution in [3.05, 3.63) is 34.9 Å². The van der Waals surface area contributed by atoms with Crippen LogP contribution in [0.5, 0.6) is 0 Å². The van der Waals surface area contributed by atoms with Crippen molar-refractivity contribution in [1.29, 1.82) is 0 Å². The summed E-state index contributed by atoms with van der Waals surface area (Å²) >= 11 is 3.87. The molecule has 0 spiro atoms. The van der Waals surface area contributed by atoms with Crippen molar-refractivity contribution in [1.82, 2.24) is 5.32 Å². The number of nitrogens with one attached hydrogen (secondary N) is 1. The van der Waals surface area contributed by atoms with E-state index in [4.69, 9.17) is 5.11 Å². The highest BCUT2D eigenvalue weighted by atomic mass is 32.2. The average Bonchev–Trinajstić information content (AvgIpc) is 2.51. The van der Waals surface area contributed by atoms with Gasteiger partial charge < -0.3 is 10.4 Å². The molecule has 1 amide bonds. The SMILES string of the molecule is Cc1ccc(C(=O)NCC2CSCCS2)c(C#CCO)c1. The Bertz CT molecular complexity index is 557. The minimum atomic E-state index is -0.203. The van der Waals surface area contributed by atoms with Gasteiger partial charge in [0.2, 0.25) is 0 Å². The molecule has 0 aliphatic carbocycles. The van der Waals surface area contributed by atoms with Crippen LogP contribution < -0.4 is 5.32 Å². The molecule has 0 saturated carbocycles. The summed E-state index contributed by atoms with van der Waals surface area (Å²) in [5.74, 6) is 8.83. The van der Waals surface area contributed by atoms with Crippen molar-refractivity contribution in [2.24, 2.45) is 0 Å². The smallest absolute Gasteiger partial charge is 0.252 e. The number of hydrogen-bond acceptors (Lipinski definition) is 4. The van der Waals surface area contributed by atoms with Crippen LogP contribution in [-0.2, 0) is 0 Å². The molecule has 1 heterocycles. The molecule has 3 nitrogen and oxygen atoms in total. The van der Waals surface area contributed by atoms with Gasteiger partial charge in [-0.2, -0.15) is 23.5 Å². The lowest BCUT2D eigenvalue weighted by Crippen LogP contribution is -2.33. The molecule has 1 aromatic carbocycles. The van der Waals surface area contributed by atoms with E-state index in [2.05, 4.69) is 17.2 Å². The predicted molar refractivity (Wildman–Crippen MR) is 91.0 cm³/mol. The molecule has 1 saturated heterocycles. The molecule has 0 aromatic heterocycles. The third-order valence-electron chi connectivity index (χ3n) is 3.10. The molecule has 5 heteroatoms. The highest BCUT2D eigenvalue weighted by Crippen LogP contribution is 2.23. The minimum absolute atomic E-state index is 0.0894. The third kappa shape index (κ3) is 4.99. The van der Waals surface area contributed by atoms with E-state index in [9.17, 15) is 4.79 Å². The van der Waals surface area contributed by atoms with Crippen molar-refractivity contribution in [3.63, 3.8) is 0 Å². The minimum Gasteiger partial charge on any atom is -0.384 e. The van der Waals surface area contributed by atoms with Crippen LogP contribution >= 0.6 is 23.5 Å². The zero-order chi connectivity index (χ0) is 15.1. The molecule has 0 bridgehead atoms. The Balaban J connectivity index is 2.03. The Morgan fingerprint density at radius 2 is 2.33 bits per heavy atom. The Labute approximate surface area is 134 Å². The molecule has 1 fully saturated rings. The first-order valence-corrected chi connectivity index (χ1v) is 9.09. The zero-order valence-corrected chi connectivity index (χ0v) is 13.6. The molecule has 1 atom stereocenters. The first kappa shape index (κ1) is 16.3. The third-order valence-corrected chi connectivity index (χ3v) is 5.94. The Hall–Kier alpha value is -1.09. The number of thioether (sulfide) groups is 2. The number of benzene rings is 1. The summed E-state index contributed by atoms with van der Waals surface area (Å²) < 4.78 is 0. The maximum atomic E-state index is 12.3. The number of amides is 1. The highest BCUT2D eigenvalue weighted by molar-refractivity contribution is 8.06. The predicted octanol–water partition coefficient (Wildman–Crippen LogP) is 1.92. The fraction of sp³-hybridized carbons (Fsp3) is 0.438. The van der Waals surface area contributed by atoms with Crippen molar-refractivity contribution in [2.45, 2.75) is 12.2 Å². The number of aryl methyl sites for hydroxylation is 1. The summed E-state index contributed by atoms with van der Waals surface area (Å²) in [4.78, 5) is 12.3. The van der Waals surface area contributed by atoms with Crippen molar-refractivity contribution < 1.29 is 9.90 Å². The van der Waals surface area contributed by atoms with Crippen LogP contribution in [0, 0.1) is 18.8 Å². The molecule has 1 unspecified atom stereocenters. The van der Waals surface area contributed by atoms with Crippen molar-refractivity contribution in [3.8, 4) is 11.8 Å². The van der Waals surface area contributed by atoms with E-state index in [1.807, 2.05) is 42.6 Å². The molecule has 1 aliphatic rings. The van der Waals surface area contributed by atoms with Crippen LogP contribution in [0.15, 0.2) is 18.2 Å². The summed E-state index contributed by atoms with van der Waals surface area (Å²) in [5, 5.41) is 12.3. The molecule has 2 rings (SSSR count). The van der Waals surface area contributed by atoms with E-state index in [1.165, 1.54) is 5.75 Å². The molecule has 21 heavy (non-hydrogen) atoms. The lowest BCUT2D eigenvalue weighted by Gasteiger charge is -2.21. The van der Waals surface area contributed by atoms with Gasteiger partial charge in [-0.3, -0.25) is 4.79 Å². The Morgan fingerprint density at radius 3 is 3.05 bits per heavy atom. The van der Waals surface area contributed by atoms with Gasteiger partial charge in [-0.05, 0) is 24.6 Å². The Morgan fingerprint density at radius 1 is 1.48 bits per heavy atom. The number of carbonyl (C=O) groups excluding carboxylic acids is 1. The molecular formula is C16H19NO2S2. The first-order valence-electron chi connectivity index (χ1n) is 6.88. The molecule has 2 N–H and O–H groups in total. The van der Waals surface area contributed by atoms with Gasteiger partial charge in [0.1, 0.15) is 6.61 Å². The van der Waals surface area contributed by atoms with Crippen LogP contribution in [0.4, 0.5) is 0 Å². The second-order valence-corrected chi connectivity index (χ2v) is 7.34. The highest BCUT2D eigenvalue weighted by Gasteiger charge is 2.16. The maximum Gasteiger partial charge on any atom is 0.252 e. The van der Waals surface area contributed by atoms with Gasteiger partial charge in [0, 0.05) is 34.6 Å². The van der Waals surface area contributed by atoms with E-state index in [0.717, 1.165) is 17.1 Å². The van der Waals surface area contributed by atoms with Crippen LogP contribution in [-0.4, -0.2) is 46.7 Å². The topological polar surface area (TPSA) is 49.3 Å².